The fourth-order valence-electron chi connectivity index (χ4n) is 3.80. The number of hydrogen-bond acceptors (Lipinski definition) is 3. The molecule has 0 saturated carbocycles. The maximum Gasteiger partial charge on any atom is 0.573 e. The van der Waals surface area contributed by atoms with Gasteiger partial charge in [-0.2, -0.15) is 4.31 Å². The smallest absolute Gasteiger partial charge is 0.406 e. The molecule has 4 nitrogen and oxygen atoms in total. The van der Waals surface area contributed by atoms with Crippen molar-refractivity contribution in [1.29, 1.82) is 0 Å². The van der Waals surface area contributed by atoms with E-state index in [0.29, 0.717) is 31.2 Å². The van der Waals surface area contributed by atoms with Crippen LogP contribution in [0.5, 0.6) is 5.75 Å². The quantitative estimate of drug-likeness (QED) is 0.302. The first kappa shape index (κ1) is 26.7. The number of hydrogen-bond donors (Lipinski definition) is 0. The summed E-state index contributed by atoms with van der Waals surface area (Å²) in [7, 11) is -2.30. The van der Waals surface area contributed by atoms with Crippen LogP contribution >= 0.6 is 0 Å². The minimum atomic E-state index is -4.79. The summed E-state index contributed by atoms with van der Waals surface area (Å²) in [5, 5.41) is 0. The van der Waals surface area contributed by atoms with Gasteiger partial charge in [0.1, 0.15) is 11.6 Å². The Hall–Kier alpha value is -2.91. The molecule has 0 spiro atoms. The molecule has 0 aromatic heterocycles. The van der Waals surface area contributed by atoms with Gasteiger partial charge in [-0.15, -0.1) is 13.2 Å². The lowest BCUT2D eigenvalue weighted by Gasteiger charge is -2.28. The SMILES string of the molecule is Cc1ccc(S(=O)(=O)N(C)C(CCc2ccc(F)cc2)CCc2cccc(OC(F)(F)F)c2)cc1. The van der Waals surface area contributed by atoms with Crippen LogP contribution in [0.1, 0.15) is 29.5 Å². The highest BCUT2D eigenvalue weighted by molar-refractivity contribution is 7.89. The molecule has 0 N–H and O–H groups in total. The molecule has 0 amide bonds. The molecule has 0 fully saturated rings. The molecule has 0 heterocycles. The Kier molecular flexibility index (Phi) is 8.56. The number of alkyl halides is 3. The van der Waals surface area contributed by atoms with Crippen molar-refractivity contribution in [3.8, 4) is 5.75 Å². The fourth-order valence-corrected chi connectivity index (χ4v) is 5.21. The zero-order valence-corrected chi connectivity index (χ0v) is 20.2. The van der Waals surface area contributed by atoms with E-state index in [2.05, 4.69) is 4.74 Å². The predicted octanol–water partition coefficient (Wildman–Crippen LogP) is 6.29. The summed E-state index contributed by atoms with van der Waals surface area (Å²) in [6, 6.07) is 17.8. The standard InChI is InChI=1S/C26H27F4NO3S/c1-19-6-16-25(17-7-19)35(32,33)31(2)23(14-10-20-8-12-22(27)13-9-20)15-11-21-4-3-5-24(18-21)34-26(28,29)30/h3-9,12-13,16-18,23H,10-11,14-15H2,1-2H3. The normalized spacial score (nSPS) is 13.1. The first-order chi connectivity index (χ1) is 16.4. The van der Waals surface area contributed by atoms with E-state index in [1.165, 1.54) is 41.7 Å². The van der Waals surface area contributed by atoms with Gasteiger partial charge in [0, 0.05) is 13.1 Å². The molecule has 0 aliphatic rings. The van der Waals surface area contributed by atoms with Gasteiger partial charge < -0.3 is 4.74 Å². The van der Waals surface area contributed by atoms with Crippen LogP contribution in [-0.4, -0.2) is 32.2 Å². The van der Waals surface area contributed by atoms with E-state index in [1.54, 1.807) is 42.5 Å². The maximum absolute atomic E-state index is 13.3. The van der Waals surface area contributed by atoms with Crippen molar-refractivity contribution < 1.29 is 30.7 Å². The van der Waals surface area contributed by atoms with Gasteiger partial charge in [-0.25, -0.2) is 12.8 Å². The van der Waals surface area contributed by atoms with E-state index >= 15 is 0 Å². The van der Waals surface area contributed by atoms with E-state index < -0.39 is 22.4 Å². The third-order valence-electron chi connectivity index (χ3n) is 5.79. The Balaban J connectivity index is 1.80. The lowest BCUT2D eigenvalue weighted by atomic mass is 9.99. The molecule has 0 aliphatic heterocycles. The van der Waals surface area contributed by atoms with Gasteiger partial charge in [-0.1, -0.05) is 42.0 Å². The van der Waals surface area contributed by atoms with Crippen LogP contribution in [0.25, 0.3) is 0 Å². The molecule has 0 aliphatic carbocycles. The minimum Gasteiger partial charge on any atom is -0.406 e. The molecular weight excluding hydrogens is 482 g/mol. The summed E-state index contributed by atoms with van der Waals surface area (Å²) >= 11 is 0. The molecular formula is C26H27F4NO3S. The second kappa shape index (κ2) is 11.2. The Morgan fingerprint density at radius 2 is 1.49 bits per heavy atom. The van der Waals surface area contributed by atoms with Crippen LogP contribution in [0.3, 0.4) is 0 Å². The van der Waals surface area contributed by atoms with E-state index in [4.69, 9.17) is 0 Å². The van der Waals surface area contributed by atoms with Gasteiger partial charge in [-0.05, 0) is 80.1 Å². The molecule has 188 valence electrons. The summed E-state index contributed by atoms with van der Waals surface area (Å²) in [5.41, 5.74) is 2.39. The van der Waals surface area contributed by atoms with Crippen LogP contribution in [0.4, 0.5) is 17.6 Å². The summed E-state index contributed by atoms with van der Waals surface area (Å²) < 4.78 is 82.9. The first-order valence-corrected chi connectivity index (χ1v) is 12.5. The second-order valence-electron chi connectivity index (χ2n) is 8.39. The van der Waals surface area contributed by atoms with Crippen LogP contribution in [0.15, 0.2) is 77.7 Å². The molecule has 9 heteroatoms. The highest BCUT2D eigenvalue weighted by Gasteiger charge is 2.31. The average Bonchev–Trinajstić information content (AvgIpc) is 2.79. The van der Waals surface area contributed by atoms with Crippen molar-refractivity contribution >= 4 is 10.0 Å². The van der Waals surface area contributed by atoms with Crippen molar-refractivity contribution in [1.82, 2.24) is 4.31 Å². The molecule has 3 rings (SSSR count). The largest absolute Gasteiger partial charge is 0.573 e. The van der Waals surface area contributed by atoms with Gasteiger partial charge in [-0.3, -0.25) is 0 Å². The summed E-state index contributed by atoms with van der Waals surface area (Å²) in [5.74, 6) is -0.677. The van der Waals surface area contributed by atoms with E-state index in [-0.39, 0.29) is 16.5 Å². The molecule has 3 aromatic carbocycles. The Labute approximate surface area is 203 Å². The van der Waals surface area contributed by atoms with Gasteiger partial charge >= 0.3 is 6.36 Å². The predicted molar refractivity (Wildman–Crippen MR) is 126 cm³/mol. The second-order valence-corrected chi connectivity index (χ2v) is 10.4. The summed E-state index contributed by atoms with van der Waals surface area (Å²) in [6.45, 7) is 1.86. The number of ether oxygens (including phenoxy) is 1. The molecule has 35 heavy (non-hydrogen) atoms. The zero-order chi connectivity index (χ0) is 25.6. The summed E-state index contributed by atoms with van der Waals surface area (Å²) in [4.78, 5) is 0.165. The zero-order valence-electron chi connectivity index (χ0n) is 19.4. The van der Waals surface area contributed by atoms with E-state index in [9.17, 15) is 26.0 Å². The number of rotatable bonds is 10. The van der Waals surface area contributed by atoms with Gasteiger partial charge in [0.2, 0.25) is 10.0 Å². The molecule has 0 bridgehead atoms. The maximum atomic E-state index is 13.3. The number of benzene rings is 3. The highest BCUT2D eigenvalue weighted by atomic mass is 32.2. The Morgan fingerprint density at radius 3 is 2.09 bits per heavy atom. The van der Waals surface area contributed by atoms with Crippen molar-refractivity contribution in [3.63, 3.8) is 0 Å². The topological polar surface area (TPSA) is 46.6 Å². The van der Waals surface area contributed by atoms with E-state index in [1.807, 2.05) is 6.92 Å². The molecule has 0 radical (unpaired) electrons. The Morgan fingerprint density at radius 1 is 0.886 bits per heavy atom. The third kappa shape index (κ3) is 7.80. The lowest BCUT2D eigenvalue weighted by molar-refractivity contribution is -0.274. The van der Waals surface area contributed by atoms with Crippen LogP contribution in [-0.2, 0) is 22.9 Å². The number of aryl methyl sites for hydroxylation is 3. The molecule has 3 aromatic rings. The van der Waals surface area contributed by atoms with Crippen molar-refractivity contribution in [3.05, 3.63) is 95.3 Å². The van der Waals surface area contributed by atoms with Gasteiger partial charge in [0.05, 0.1) is 4.90 Å². The van der Waals surface area contributed by atoms with Crippen molar-refractivity contribution in [2.24, 2.45) is 0 Å². The van der Waals surface area contributed by atoms with E-state index in [0.717, 1.165) is 11.1 Å². The Bertz CT molecular complexity index is 1210. The number of halogens is 4. The highest BCUT2D eigenvalue weighted by Crippen LogP contribution is 2.26. The summed E-state index contributed by atoms with van der Waals surface area (Å²) in [6.07, 6.45) is -3.12. The van der Waals surface area contributed by atoms with Crippen LogP contribution in [0.2, 0.25) is 0 Å². The molecule has 1 atom stereocenters. The first-order valence-electron chi connectivity index (χ1n) is 11.1. The molecule has 1 unspecified atom stereocenters. The number of nitrogens with zero attached hydrogens (tertiary/aromatic N) is 1. The molecule has 0 saturated heterocycles. The average molecular weight is 510 g/mol. The third-order valence-corrected chi connectivity index (χ3v) is 7.71. The van der Waals surface area contributed by atoms with Crippen LogP contribution < -0.4 is 4.74 Å². The number of sulfonamides is 1. The minimum absolute atomic E-state index is 0.165. The van der Waals surface area contributed by atoms with Crippen molar-refractivity contribution in [2.75, 3.05) is 7.05 Å². The van der Waals surface area contributed by atoms with Crippen molar-refractivity contribution in [2.45, 2.75) is 49.9 Å². The van der Waals surface area contributed by atoms with Gasteiger partial charge in [0.25, 0.3) is 0 Å². The van der Waals surface area contributed by atoms with Crippen LogP contribution in [0, 0.1) is 12.7 Å². The fraction of sp³-hybridized carbons (Fsp3) is 0.308. The lowest BCUT2D eigenvalue weighted by Crippen LogP contribution is -2.37. The monoisotopic (exact) mass is 509 g/mol. The van der Waals surface area contributed by atoms with Gasteiger partial charge in [0.15, 0.2) is 0 Å².